The quantitative estimate of drug-likeness (QED) is 0.177. The van der Waals surface area contributed by atoms with Gasteiger partial charge < -0.3 is 25.6 Å². The number of ether oxygens (including phenoxy) is 2. The maximum atomic E-state index is 12.8. The van der Waals surface area contributed by atoms with E-state index in [1.54, 1.807) is 36.4 Å². The van der Waals surface area contributed by atoms with Gasteiger partial charge in [0.2, 0.25) is 5.91 Å². The summed E-state index contributed by atoms with van der Waals surface area (Å²) in [6.45, 7) is 3.94. The third-order valence-electron chi connectivity index (χ3n) is 5.90. The van der Waals surface area contributed by atoms with Crippen LogP contribution < -0.4 is 21.1 Å². The molecule has 0 aliphatic rings. The van der Waals surface area contributed by atoms with E-state index in [1.807, 2.05) is 56.3 Å². The minimum Gasteiger partial charge on any atom is -0.491 e. The van der Waals surface area contributed by atoms with Crippen molar-refractivity contribution in [1.29, 1.82) is 0 Å². The van der Waals surface area contributed by atoms with Crippen LogP contribution in [0.2, 0.25) is 0 Å². The lowest BCUT2D eigenvalue weighted by Gasteiger charge is -2.26. The van der Waals surface area contributed by atoms with Crippen LogP contribution in [0.25, 0.3) is 0 Å². The molecule has 0 spiro atoms. The van der Waals surface area contributed by atoms with Gasteiger partial charge in [0, 0.05) is 11.3 Å². The first-order valence-corrected chi connectivity index (χ1v) is 12.6. The summed E-state index contributed by atoms with van der Waals surface area (Å²) in [4.78, 5) is 25.1. The molecule has 0 heterocycles. The summed E-state index contributed by atoms with van der Waals surface area (Å²) < 4.78 is 11.6. The number of benzene rings is 3. The molecule has 2 atom stereocenters. The van der Waals surface area contributed by atoms with Crippen LogP contribution in [-0.2, 0) is 9.53 Å². The summed E-state index contributed by atoms with van der Waals surface area (Å²) in [5, 5.41) is 14.8. The van der Waals surface area contributed by atoms with Crippen molar-refractivity contribution in [3.63, 3.8) is 0 Å². The monoisotopic (exact) mass is 517 g/mol. The van der Waals surface area contributed by atoms with E-state index in [1.165, 1.54) is 6.08 Å². The van der Waals surface area contributed by atoms with Gasteiger partial charge in [0.05, 0.1) is 18.0 Å². The van der Waals surface area contributed by atoms with Crippen LogP contribution in [0.5, 0.6) is 5.75 Å². The molecule has 0 saturated carbocycles. The number of aliphatic hydroxyl groups excluding tert-OH is 1. The Hall–Kier alpha value is -4.30. The van der Waals surface area contributed by atoms with Crippen molar-refractivity contribution in [2.45, 2.75) is 32.8 Å². The Morgan fingerprint density at radius 3 is 2.45 bits per heavy atom. The third kappa shape index (κ3) is 8.67. The highest BCUT2D eigenvalue weighted by atomic mass is 16.6. The van der Waals surface area contributed by atoms with Gasteiger partial charge in [0.1, 0.15) is 18.5 Å². The number of allylic oxidation sites excluding steroid dienone is 1. The summed E-state index contributed by atoms with van der Waals surface area (Å²) in [7, 11) is 0. The number of carbonyl (C=O) groups excluding carboxylic acids is 2. The van der Waals surface area contributed by atoms with E-state index in [4.69, 9.17) is 15.2 Å². The average Bonchev–Trinajstić information content (AvgIpc) is 2.91. The molecule has 3 rings (SSSR count). The number of hydrogen-bond donors (Lipinski definition) is 4. The molecule has 0 aliphatic heterocycles. The number of hydrogen-bond acceptors (Lipinski definition) is 6. The molecule has 8 nitrogen and oxygen atoms in total. The highest BCUT2D eigenvalue weighted by molar-refractivity contribution is 6.01. The number of aryl methyl sites for hydroxylation is 1. The number of rotatable bonds is 12. The Kier molecular flexibility index (Phi) is 10.7. The molecular weight excluding hydrogens is 482 g/mol. The molecule has 0 unspecified atom stereocenters. The van der Waals surface area contributed by atoms with Gasteiger partial charge >= 0.3 is 6.09 Å². The molecule has 3 aromatic carbocycles. The molecule has 3 aromatic rings. The lowest BCUT2D eigenvalue weighted by molar-refractivity contribution is -0.111. The first-order chi connectivity index (χ1) is 18.4. The average molecular weight is 518 g/mol. The summed E-state index contributed by atoms with van der Waals surface area (Å²) in [6.07, 6.45) is 3.26. The molecule has 38 heavy (non-hydrogen) atoms. The molecular formula is C30H35N3O5. The lowest BCUT2D eigenvalue weighted by Crippen LogP contribution is -2.22. The van der Waals surface area contributed by atoms with Crippen molar-refractivity contribution in [3.8, 4) is 5.75 Å². The van der Waals surface area contributed by atoms with Crippen LogP contribution in [0.3, 0.4) is 0 Å². The van der Waals surface area contributed by atoms with Gasteiger partial charge in [-0.15, -0.1) is 0 Å². The summed E-state index contributed by atoms with van der Waals surface area (Å²) in [5.41, 5.74) is 9.35. The molecule has 0 saturated heterocycles. The highest BCUT2D eigenvalue weighted by Crippen LogP contribution is 2.35. The Balaban J connectivity index is 1.68. The topological polar surface area (TPSA) is 123 Å². The van der Waals surface area contributed by atoms with E-state index in [0.29, 0.717) is 41.2 Å². The summed E-state index contributed by atoms with van der Waals surface area (Å²) in [6, 6.07) is 21.8. The normalized spacial score (nSPS) is 12.5. The number of para-hydroxylation sites is 3. The Bertz CT molecular complexity index is 1230. The smallest absolute Gasteiger partial charge is 0.412 e. The second-order valence-corrected chi connectivity index (χ2v) is 8.96. The van der Waals surface area contributed by atoms with E-state index < -0.39 is 12.2 Å². The largest absolute Gasteiger partial charge is 0.491 e. The number of nitrogens with one attached hydrogen (secondary N) is 2. The number of aliphatic hydroxyl groups is 1. The summed E-state index contributed by atoms with van der Waals surface area (Å²) in [5.74, 6) is 0.149. The molecule has 5 N–H and O–H groups in total. The Morgan fingerprint density at radius 1 is 1.00 bits per heavy atom. The lowest BCUT2D eigenvalue weighted by atomic mass is 9.92. The molecule has 0 fully saturated rings. The minimum atomic E-state index is -0.623. The molecule has 200 valence electrons. The number of amides is 2. The molecule has 2 amide bonds. The van der Waals surface area contributed by atoms with Crippen molar-refractivity contribution in [2.24, 2.45) is 5.92 Å². The predicted octanol–water partition coefficient (Wildman–Crippen LogP) is 5.85. The van der Waals surface area contributed by atoms with Gasteiger partial charge in [0.25, 0.3) is 0 Å². The highest BCUT2D eigenvalue weighted by Gasteiger charge is 2.26. The van der Waals surface area contributed by atoms with Crippen LogP contribution >= 0.6 is 0 Å². The molecule has 0 aromatic heterocycles. The second-order valence-electron chi connectivity index (χ2n) is 8.96. The van der Waals surface area contributed by atoms with Gasteiger partial charge in [-0.25, -0.2) is 4.79 Å². The number of carbonyl (C=O) groups is 2. The second kappa shape index (κ2) is 14.4. The summed E-state index contributed by atoms with van der Waals surface area (Å²) >= 11 is 0. The van der Waals surface area contributed by atoms with Crippen molar-refractivity contribution >= 4 is 29.1 Å². The van der Waals surface area contributed by atoms with E-state index in [0.717, 1.165) is 5.56 Å². The molecule has 0 aliphatic carbocycles. The first-order valence-electron chi connectivity index (χ1n) is 12.6. The Labute approximate surface area is 223 Å². The standard InChI is InChI=1S/C30H35N3O5/c1-21-15-17-23(18-16-21)32-30(36)38-29(24-10-4-7-13-27(24)37-20-19-34)22(2)9-3-8-14-28(35)33-26-12-6-5-11-25(26)31/h4-8,10-18,22,29,34H,3,9,19-20,31H2,1-2H3,(H,32,36)(H,33,35)/b14-8+/t22-,29-/m1/s1. The van der Waals surface area contributed by atoms with E-state index in [9.17, 15) is 14.7 Å². The fourth-order valence-electron chi connectivity index (χ4n) is 3.87. The van der Waals surface area contributed by atoms with Crippen LogP contribution in [0, 0.1) is 12.8 Å². The van der Waals surface area contributed by atoms with Gasteiger partial charge in [0.15, 0.2) is 0 Å². The van der Waals surface area contributed by atoms with Crippen LogP contribution in [0.15, 0.2) is 84.9 Å². The van der Waals surface area contributed by atoms with Gasteiger partial charge in [-0.2, -0.15) is 0 Å². The van der Waals surface area contributed by atoms with Gasteiger partial charge in [-0.1, -0.05) is 61.0 Å². The van der Waals surface area contributed by atoms with Crippen LogP contribution in [-0.4, -0.2) is 30.3 Å². The van der Waals surface area contributed by atoms with Crippen molar-refractivity contribution in [3.05, 3.63) is 96.1 Å². The third-order valence-corrected chi connectivity index (χ3v) is 5.90. The first kappa shape index (κ1) is 28.3. The van der Waals surface area contributed by atoms with Gasteiger partial charge in [-0.05, 0) is 62.1 Å². The van der Waals surface area contributed by atoms with E-state index in [-0.39, 0.29) is 25.0 Å². The number of nitrogen functional groups attached to an aromatic ring is 1. The van der Waals surface area contributed by atoms with Gasteiger partial charge in [-0.3, -0.25) is 10.1 Å². The molecule has 0 bridgehead atoms. The van der Waals surface area contributed by atoms with Crippen molar-refractivity contribution < 1.29 is 24.2 Å². The molecule has 8 heteroatoms. The predicted molar refractivity (Wildman–Crippen MR) is 150 cm³/mol. The van der Waals surface area contributed by atoms with Crippen LogP contribution in [0.1, 0.15) is 37.0 Å². The number of nitrogens with two attached hydrogens (primary N) is 1. The minimum absolute atomic E-state index is 0.116. The zero-order chi connectivity index (χ0) is 27.3. The Morgan fingerprint density at radius 2 is 1.71 bits per heavy atom. The maximum Gasteiger partial charge on any atom is 0.412 e. The van der Waals surface area contributed by atoms with E-state index >= 15 is 0 Å². The maximum absolute atomic E-state index is 12.8. The molecule has 0 radical (unpaired) electrons. The fourth-order valence-corrected chi connectivity index (χ4v) is 3.87. The van der Waals surface area contributed by atoms with Crippen molar-refractivity contribution in [2.75, 3.05) is 29.6 Å². The van der Waals surface area contributed by atoms with Crippen molar-refractivity contribution in [1.82, 2.24) is 0 Å². The zero-order valence-corrected chi connectivity index (χ0v) is 21.7. The van der Waals surface area contributed by atoms with E-state index in [2.05, 4.69) is 10.6 Å². The SMILES string of the molecule is Cc1ccc(NC(=O)O[C@@H](c2ccccc2OCCO)[C@H](C)CC/C=C/C(=O)Nc2ccccc2N)cc1. The number of anilines is 3. The fraction of sp³-hybridized carbons (Fsp3) is 0.267. The van der Waals surface area contributed by atoms with Crippen LogP contribution in [0.4, 0.5) is 21.9 Å². The zero-order valence-electron chi connectivity index (χ0n) is 21.7.